The van der Waals surface area contributed by atoms with Crippen molar-refractivity contribution in [3.05, 3.63) is 24.2 Å². The number of rotatable bonds is 6. The summed E-state index contributed by atoms with van der Waals surface area (Å²) in [7, 11) is 0. The van der Waals surface area contributed by atoms with Crippen LogP contribution >= 0.6 is 11.8 Å². The molecule has 0 aliphatic heterocycles. The van der Waals surface area contributed by atoms with Crippen LogP contribution in [-0.4, -0.2) is 23.5 Å². The van der Waals surface area contributed by atoms with E-state index in [0.29, 0.717) is 24.1 Å². The molecule has 0 saturated carbocycles. The van der Waals surface area contributed by atoms with Crippen molar-refractivity contribution in [1.29, 1.82) is 0 Å². The molecule has 84 valence electrons. The highest BCUT2D eigenvalue weighted by molar-refractivity contribution is 8.00. The summed E-state index contributed by atoms with van der Waals surface area (Å²) >= 11 is 1.55. The summed E-state index contributed by atoms with van der Waals surface area (Å²) in [4.78, 5) is 11.3. The molecule has 0 fully saturated rings. The first-order valence-electron chi connectivity index (χ1n) is 4.83. The first-order valence-corrected chi connectivity index (χ1v) is 5.88. The predicted molar refractivity (Wildman–Crippen MR) is 61.5 cm³/mol. The largest absolute Gasteiger partial charge is 0.467 e. The Morgan fingerprint density at radius 2 is 2.53 bits per heavy atom. The quantitative estimate of drug-likeness (QED) is 0.761. The molecule has 5 heteroatoms. The van der Waals surface area contributed by atoms with E-state index in [2.05, 4.69) is 5.32 Å². The van der Waals surface area contributed by atoms with Gasteiger partial charge < -0.3 is 15.5 Å². The molecule has 1 atom stereocenters. The monoisotopic (exact) mass is 228 g/mol. The molecular weight excluding hydrogens is 212 g/mol. The van der Waals surface area contributed by atoms with Crippen LogP contribution < -0.4 is 11.1 Å². The lowest BCUT2D eigenvalue weighted by molar-refractivity contribution is -0.118. The highest BCUT2D eigenvalue weighted by Gasteiger charge is 2.05. The van der Waals surface area contributed by atoms with Gasteiger partial charge in [-0.1, -0.05) is 6.92 Å². The van der Waals surface area contributed by atoms with E-state index in [4.69, 9.17) is 10.2 Å². The predicted octanol–water partition coefficient (Wildman–Crippen LogP) is 0.976. The zero-order valence-corrected chi connectivity index (χ0v) is 9.55. The summed E-state index contributed by atoms with van der Waals surface area (Å²) in [5.74, 6) is 1.22. The lowest BCUT2D eigenvalue weighted by Crippen LogP contribution is -2.26. The van der Waals surface area contributed by atoms with Crippen molar-refractivity contribution < 1.29 is 9.21 Å². The van der Waals surface area contributed by atoms with Gasteiger partial charge in [0.05, 0.1) is 18.6 Å². The van der Waals surface area contributed by atoms with Crippen LogP contribution in [0.25, 0.3) is 0 Å². The van der Waals surface area contributed by atoms with E-state index in [9.17, 15) is 4.79 Å². The van der Waals surface area contributed by atoms with Crippen LogP contribution in [0.1, 0.15) is 12.7 Å². The van der Waals surface area contributed by atoms with Crippen LogP contribution in [-0.2, 0) is 11.3 Å². The maximum atomic E-state index is 11.3. The maximum absolute atomic E-state index is 11.3. The van der Waals surface area contributed by atoms with Gasteiger partial charge >= 0.3 is 0 Å². The standard InChI is InChI=1S/C10H16N2O2S/c1-8(5-11)15-7-10(13)12-6-9-3-2-4-14-9/h2-4,8H,5-7,11H2,1H3,(H,12,13). The van der Waals surface area contributed by atoms with Crippen LogP contribution in [0.2, 0.25) is 0 Å². The first-order chi connectivity index (χ1) is 7.22. The molecule has 1 unspecified atom stereocenters. The van der Waals surface area contributed by atoms with Crippen LogP contribution in [0, 0.1) is 0 Å². The molecule has 0 spiro atoms. The molecule has 1 aromatic rings. The number of furan rings is 1. The van der Waals surface area contributed by atoms with Gasteiger partial charge in [0.25, 0.3) is 0 Å². The van der Waals surface area contributed by atoms with Crippen molar-refractivity contribution in [2.45, 2.75) is 18.7 Å². The minimum atomic E-state index is 0.0108. The smallest absolute Gasteiger partial charge is 0.230 e. The van der Waals surface area contributed by atoms with Gasteiger partial charge in [0.2, 0.25) is 5.91 Å². The summed E-state index contributed by atoms with van der Waals surface area (Å²) in [5.41, 5.74) is 5.44. The fourth-order valence-electron chi connectivity index (χ4n) is 0.936. The van der Waals surface area contributed by atoms with Crippen molar-refractivity contribution in [3.63, 3.8) is 0 Å². The van der Waals surface area contributed by atoms with Gasteiger partial charge in [-0.25, -0.2) is 0 Å². The average molecular weight is 228 g/mol. The summed E-state index contributed by atoms with van der Waals surface area (Å²) in [6, 6.07) is 3.63. The molecule has 15 heavy (non-hydrogen) atoms. The Hall–Kier alpha value is -0.940. The number of carbonyl (C=O) groups excluding carboxylic acids is 1. The Morgan fingerprint density at radius 3 is 3.13 bits per heavy atom. The third kappa shape index (κ3) is 4.90. The molecule has 4 nitrogen and oxygen atoms in total. The van der Waals surface area contributed by atoms with Gasteiger partial charge in [0.1, 0.15) is 5.76 Å². The van der Waals surface area contributed by atoms with E-state index in [1.54, 1.807) is 24.1 Å². The van der Waals surface area contributed by atoms with Crippen LogP contribution in [0.3, 0.4) is 0 Å². The van der Waals surface area contributed by atoms with Crippen molar-refractivity contribution >= 4 is 17.7 Å². The van der Waals surface area contributed by atoms with Crippen molar-refractivity contribution in [1.82, 2.24) is 5.32 Å². The van der Waals surface area contributed by atoms with Crippen LogP contribution in [0.4, 0.5) is 0 Å². The molecule has 0 saturated heterocycles. The summed E-state index contributed by atoms with van der Waals surface area (Å²) < 4.78 is 5.09. The van der Waals surface area contributed by atoms with Gasteiger partial charge in [0.15, 0.2) is 0 Å². The number of carbonyl (C=O) groups is 1. The second-order valence-electron chi connectivity index (χ2n) is 3.21. The highest BCUT2D eigenvalue weighted by Crippen LogP contribution is 2.07. The Bertz CT molecular complexity index is 288. The number of hydrogen-bond acceptors (Lipinski definition) is 4. The Kier molecular flexibility index (Phi) is 5.28. The number of nitrogens with one attached hydrogen (secondary N) is 1. The third-order valence-electron chi connectivity index (χ3n) is 1.87. The Labute approximate surface area is 93.6 Å². The number of thioether (sulfide) groups is 1. The van der Waals surface area contributed by atoms with Crippen molar-refractivity contribution in [2.75, 3.05) is 12.3 Å². The maximum Gasteiger partial charge on any atom is 0.230 e. The van der Waals surface area contributed by atoms with Crippen molar-refractivity contribution in [3.8, 4) is 0 Å². The topological polar surface area (TPSA) is 68.3 Å². The number of amides is 1. The molecule has 1 amide bonds. The Balaban J connectivity index is 2.14. The molecule has 1 heterocycles. The van der Waals surface area contributed by atoms with Gasteiger partial charge in [-0.3, -0.25) is 4.79 Å². The minimum Gasteiger partial charge on any atom is -0.467 e. The molecule has 0 aromatic carbocycles. The van der Waals surface area contributed by atoms with Crippen molar-refractivity contribution in [2.24, 2.45) is 5.73 Å². The zero-order valence-electron chi connectivity index (χ0n) is 8.73. The second-order valence-corrected chi connectivity index (χ2v) is 4.64. The molecule has 1 aromatic heterocycles. The number of hydrogen-bond donors (Lipinski definition) is 2. The van der Waals surface area contributed by atoms with E-state index in [1.165, 1.54) is 0 Å². The second kappa shape index (κ2) is 6.53. The van der Waals surface area contributed by atoms with Crippen LogP contribution in [0.15, 0.2) is 22.8 Å². The average Bonchev–Trinajstić information content (AvgIpc) is 2.75. The molecule has 0 radical (unpaired) electrons. The van der Waals surface area contributed by atoms with Gasteiger partial charge in [0, 0.05) is 11.8 Å². The fraction of sp³-hybridized carbons (Fsp3) is 0.500. The third-order valence-corrected chi connectivity index (χ3v) is 3.06. The van der Waals surface area contributed by atoms with E-state index in [-0.39, 0.29) is 5.91 Å². The van der Waals surface area contributed by atoms with E-state index < -0.39 is 0 Å². The molecular formula is C10H16N2O2S. The van der Waals surface area contributed by atoms with Gasteiger partial charge in [-0.15, -0.1) is 11.8 Å². The van der Waals surface area contributed by atoms with E-state index >= 15 is 0 Å². The van der Waals surface area contributed by atoms with Crippen LogP contribution in [0.5, 0.6) is 0 Å². The van der Waals surface area contributed by atoms with Gasteiger partial charge in [-0.2, -0.15) is 0 Å². The zero-order chi connectivity index (χ0) is 11.1. The SMILES string of the molecule is CC(CN)SCC(=O)NCc1ccco1. The summed E-state index contributed by atoms with van der Waals surface area (Å²) in [6.07, 6.45) is 1.59. The normalized spacial score (nSPS) is 12.4. The summed E-state index contributed by atoms with van der Waals surface area (Å²) in [6.45, 7) is 3.05. The fourth-order valence-corrected chi connectivity index (χ4v) is 1.61. The molecule has 1 rings (SSSR count). The Morgan fingerprint density at radius 1 is 1.73 bits per heavy atom. The molecule has 0 aliphatic rings. The van der Waals surface area contributed by atoms with E-state index in [0.717, 1.165) is 5.76 Å². The molecule has 0 bridgehead atoms. The summed E-state index contributed by atoms with van der Waals surface area (Å²) in [5, 5.41) is 3.09. The minimum absolute atomic E-state index is 0.0108. The lowest BCUT2D eigenvalue weighted by atomic mass is 10.4. The molecule has 0 aliphatic carbocycles. The van der Waals surface area contributed by atoms with Gasteiger partial charge in [-0.05, 0) is 12.1 Å². The number of nitrogens with two attached hydrogens (primary N) is 1. The molecule has 3 N–H and O–H groups in total. The lowest BCUT2D eigenvalue weighted by Gasteiger charge is -2.07. The first kappa shape index (κ1) is 12.1. The van der Waals surface area contributed by atoms with E-state index in [1.807, 2.05) is 13.0 Å². The highest BCUT2D eigenvalue weighted by atomic mass is 32.2.